The maximum absolute atomic E-state index is 13.3. The second-order valence-electron chi connectivity index (χ2n) is 4.85. The van der Waals surface area contributed by atoms with Gasteiger partial charge in [-0.25, -0.2) is 8.78 Å². The third kappa shape index (κ3) is 3.02. The van der Waals surface area contributed by atoms with Crippen LogP contribution in [0.4, 0.5) is 14.5 Å². The number of rotatable bonds is 3. The first-order valence-electron chi connectivity index (χ1n) is 6.48. The van der Waals surface area contributed by atoms with E-state index in [1.807, 2.05) is 0 Å². The maximum atomic E-state index is 13.3. The van der Waals surface area contributed by atoms with Gasteiger partial charge in [-0.3, -0.25) is 4.79 Å². The Labute approximate surface area is 122 Å². The maximum Gasteiger partial charge on any atom is 0.256 e. The van der Waals surface area contributed by atoms with Gasteiger partial charge >= 0.3 is 0 Å². The van der Waals surface area contributed by atoms with Crippen molar-refractivity contribution in [3.05, 3.63) is 65.2 Å². The number of nitrogens with zero attached hydrogens (tertiary/aromatic N) is 1. The number of carbonyl (C=O) groups excluding carboxylic acids is 1. The van der Waals surface area contributed by atoms with E-state index in [4.69, 9.17) is 5.73 Å². The van der Waals surface area contributed by atoms with Crippen LogP contribution in [0.5, 0.6) is 0 Å². The molecule has 21 heavy (non-hydrogen) atoms. The minimum atomic E-state index is -0.931. The second kappa shape index (κ2) is 5.91. The van der Waals surface area contributed by atoms with Gasteiger partial charge in [-0.05, 0) is 36.8 Å². The van der Waals surface area contributed by atoms with Crippen LogP contribution in [0.2, 0.25) is 0 Å². The van der Waals surface area contributed by atoms with Crippen molar-refractivity contribution in [2.45, 2.75) is 13.0 Å². The highest BCUT2D eigenvalue weighted by atomic mass is 19.2. The molecule has 0 spiro atoms. The quantitative estimate of drug-likeness (QED) is 0.881. The van der Waals surface area contributed by atoms with Crippen molar-refractivity contribution in [1.82, 2.24) is 4.90 Å². The average Bonchev–Trinajstić information content (AvgIpc) is 2.48. The molecular weight excluding hydrogens is 274 g/mol. The van der Waals surface area contributed by atoms with Crippen LogP contribution in [-0.4, -0.2) is 17.9 Å². The van der Waals surface area contributed by atoms with Crippen LogP contribution in [0.3, 0.4) is 0 Å². The molecule has 2 aromatic rings. The summed E-state index contributed by atoms with van der Waals surface area (Å²) in [6, 6.07) is 9.93. The third-order valence-electron chi connectivity index (χ3n) is 3.52. The molecule has 1 amide bonds. The second-order valence-corrected chi connectivity index (χ2v) is 4.85. The first kappa shape index (κ1) is 15.0. The average molecular weight is 290 g/mol. The largest absolute Gasteiger partial charge is 0.398 e. The van der Waals surface area contributed by atoms with Crippen LogP contribution in [0.25, 0.3) is 0 Å². The van der Waals surface area contributed by atoms with Gasteiger partial charge in [0.25, 0.3) is 5.91 Å². The Bertz CT molecular complexity index is 673. The normalized spacial score (nSPS) is 12.0. The number of carbonyl (C=O) groups is 1. The number of para-hydroxylation sites is 1. The molecule has 2 rings (SSSR count). The van der Waals surface area contributed by atoms with Crippen LogP contribution in [0.15, 0.2) is 42.5 Å². The number of nitrogen functional groups attached to an aromatic ring is 1. The van der Waals surface area contributed by atoms with Gasteiger partial charge in [0, 0.05) is 12.7 Å². The van der Waals surface area contributed by atoms with Crippen molar-refractivity contribution in [1.29, 1.82) is 0 Å². The molecule has 2 aromatic carbocycles. The zero-order chi connectivity index (χ0) is 15.6. The molecule has 0 fully saturated rings. The molecule has 2 N–H and O–H groups in total. The standard InChI is InChI=1S/C16H16F2N2O/c1-10(11-7-8-13(17)14(18)9-11)20(2)16(21)12-5-3-4-6-15(12)19/h3-10H,19H2,1-2H3. The molecule has 0 heterocycles. The van der Waals surface area contributed by atoms with Crippen LogP contribution in [-0.2, 0) is 0 Å². The lowest BCUT2D eigenvalue weighted by molar-refractivity contribution is 0.0743. The van der Waals surface area contributed by atoms with Crippen molar-refractivity contribution >= 4 is 11.6 Å². The van der Waals surface area contributed by atoms with Crippen molar-refractivity contribution in [2.24, 2.45) is 0 Å². The molecular formula is C16H16F2N2O. The summed E-state index contributed by atoms with van der Waals surface area (Å²) in [5.41, 5.74) is 7.06. The van der Waals surface area contributed by atoms with Gasteiger partial charge in [-0.15, -0.1) is 0 Å². The first-order chi connectivity index (χ1) is 9.91. The lowest BCUT2D eigenvalue weighted by Gasteiger charge is -2.26. The van der Waals surface area contributed by atoms with Gasteiger partial charge < -0.3 is 10.6 Å². The van der Waals surface area contributed by atoms with E-state index in [1.165, 1.54) is 11.0 Å². The molecule has 110 valence electrons. The molecule has 0 aliphatic rings. The molecule has 0 saturated heterocycles. The van der Waals surface area contributed by atoms with Crippen LogP contribution < -0.4 is 5.73 Å². The number of halogens is 2. The summed E-state index contributed by atoms with van der Waals surface area (Å²) in [5.74, 6) is -2.11. The van der Waals surface area contributed by atoms with Crippen LogP contribution in [0.1, 0.15) is 28.9 Å². The summed E-state index contributed by atoms with van der Waals surface area (Å²) in [7, 11) is 1.60. The molecule has 0 bridgehead atoms. The van der Waals surface area contributed by atoms with Gasteiger partial charge in [-0.1, -0.05) is 18.2 Å². The smallest absolute Gasteiger partial charge is 0.256 e. The lowest BCUT2D eigenvalue weighted by Crippen LogP contribution is -2.30. The Morgan fingerprint density at radius 2 is 1.81 bits per heavy atom. The molecule has 0 aromatic heterocycles. The number of amides is 1. The fourth-order valence-electron chi connectivity index (χ4n) is 2.05. The van der Waals surface area contributed by atoms with Crippen molar-refractivity contribution in [2.75, 3.05) is 12.8 Å². The van der Waals surface area contributed by atoms with E-state index in [0.29, 0.717) is 16.8 Å². The number of nitrogens with two attached hydrogens (primary N) is 1. The zero-order valence-corrected chi connectivity index (χ0v) is 11.8. The monoisotopic (exact) mass is 290 g/mol. The van der Waals surface area contributed by atoms with E-state index in [9.17, 15) is 13.6 Å². The van der Waals surface area contributed by atoms with E-state index in [-0.39, 0.29) is 5.91 Å². The SMILES string of the molecule is CC(c1ccc(F)c(F)c1)N(C)C(=O)c1ccccc1N. The molecule has 1 atom stereocenters. The zero-order valence-electron chi connectivity index (χ0n) is 11.8. The predicted octanol–water partition coefficient (Wildman–Crippen LogP) is 3.38. The van der Waals surface area contributed by atoms with E-state index >= 15 is 0 Å². The van der Waals surface area contributed by atoms with Crippen molar-refractivity contribution in [3.8, 4) is 0 Å². The first-order valence-corrected chi connectivity index (χ1v) is 6.48. The van der Waals surface area contributed by atoms with Gasteiger partial charge in [0.1, 0.15) is 0 Å². The van der Waals surface area contributed by atoms with Crippen molar-refractivity contribution in [3.63, 3.8) is 0 Å². The highest BCUT2D eigenvalue weighted by Gasteiger charge is 2.21. The fourth-order valence-corrected chi connectivity index (χ4v) is 2.05. The topological polar surface area (TPSA) is 46.3 Å². The molecule has 0 radical (unpaired) electrons. The summed E-state index contributed by atoms with van der Waals surface area (Å²) in [6.45, 7) is 1.74. The summed E-state index contributed by atoms with van der Waals surface area (Å²) in [4.78, 5) is 13.9. The van der Waals surface area contributed by atoms with E-state index < -0.39 is 17.7 Å². The number of hydrogen-bond acceptors (Lipinski definition) is 2. The van der Waals surface area contributed by atoms with Gasteiger partial charge in [0.05, 0.1) is 11.6 Å². The molecule has 0 aliphatic heterocycles. The fraction of sp³-hybridized carbons (Fsp3) is 0.188. The Balaban J connectivity index is 2.26. The minimum Gasteiger partial charge on any atom is -0.398 e. The van der Waals surface area contributed by atoms with Gasteiger partial charge in [-0.2, -0.15) is 0 Å². The molecule has 1 unspecified atom stereocenters. The van der Waals surface area contributed by atoms with Crippen LogP contribution in [0, 0.1) is 11.6 Å². The number of benzene rings is 2. The number of hydrogen-bond donors (Lipinski definition) is 1. The van der Waals surface area contributed by atoms with Crippen LogP contribution >= 0.6 is 0 Å². The summed E-state index contributed by atoms with van der Waals surface area (Å²) >= 11 is 0. The summed E-state index contributed by atoms with van der Waals surface area (Å²) in [6.07, 6.45) is 0. The minimum absolute atomic E-state index is 0.273. The molecule has 3 nitrogen and oxygen atoms in total. The summed E-state index contributed by atoms with van der Waals surface area (Å²) < 4.78 is 26.3. The number of anilines is 1. The Kier molecular flexibility index (Phi) is 4.21. The van der Waals surface area contributed by atoms with E-state index in [1.54, 1.807) is 38.2 Å². The van der Waals surface area contributed by atoms with Crippen molar-refractivity contribution < 1.29 is 13.6 Å². The van der Waals surface area contributed by atoms with Gasteiger partial charge in [0.15, 0.2) is 11.6 Å². The highest BCUT2D eigenvalue weighted by Crippen LogP contribution is 2.23. The Morgan fingerprint density at radius 1 is 1.14 bits per heavy atom. The molecule has 0 saturated carbocycles. The molecule has 5 heteroatoms. The summed E-state index contributed by atoms with van der Waals surface area (Å²) in [5, 5.41) is 0. The highest BCUT2D eigenvalue weighted by molar-refractivity contribution is 5.99. The van der Waals surface area contributed by atoms with Gasteiger partial charge in [0.2, 0.25) is 0 Å². The van der Waals surface area contributed by atoms with E-state index in [2.05, 4.69) is 0 Å². The predicted molar refractivity (Wildman–Crippen MR) is 77.7 cm³/mol. The van der Waals surface area contributed by atoms with E-state index in [0.717, 1.165) is 12.1 Å². The lowest BCUT2D eigenvalue weighted by atomic mass is 10.1. The Hall–Kier alpha value is -2.43. The Morgan fingerprint density at radius 3 is 2.43 bits per heavy atom. The molecule has 0 aliphatic carbocycles. The third-order valence-corrected chi connectivity index (χ3v) is 3.52.